The highest BCUT2D eigenvalue weighted by Crippen LogP contribution is 2.27. The molecule has 0 radical (unpaired) electrons. The van der Waals surface area contributed by atoms with Gasteiger partial charge in [0, 0.05) is 17.2 Å². The van der Waals surface area contributed by atoms with Gasteiger partial charge in [0.05, 0.1) is 20.8 Å². The van der Waals surface area contributed by atoms with Crippen molar-refractivity contribution in [2.75, 3.05) is 20.8 Å². The van der Waals surface area contributed by atoms with Crippen molar-refractivity contribution in [1.29, 1.82) is 0 Å². The number of nitrogens with two attached hydrogens (primary N) is 1. The van der Waals surface area contributed by atoms with E-state index in [1.807, 2.05) is 6.07 Å². The zero-order chi connectivity index (χ0) is 19.6. The summed E-state index contributed by atoms with van der Waals surface area (Å²) in [6, 6.07) is 12.0. The SMILES string of the molecule is COc1ccc(/C=C/C(=O)NCC#Cc2ccc(C(N)=O)cc2)cc1OC. The van der Waals surface area contributed by atoms with E-state index in [0.29, 0.717) is 17.1 Å². The lowest BCUT2D eigenvalue weighted by Crippen LogP contribution is -2.20. The third-order valence-corrected chi connectivity index (χ3v) is 3.59. The van der Waals surface area contributed by atoms with Gasteiger partial charge < -0.3 is 20.5 Å². The van der Waals surface area contributed by atoms with E-state index in [1.165, 1.54) is 6.08 Å². The molecule has 2 amide bonds. The summed E-state index contributed by atoms with van der Waals surface area (Å²) < 4.78 is 10.4. The van der Waals surface area contributed by atoms with Crippen molar-refractivity contribution < 1.29 is 19.1 Å². The summed E-state index contributed by atoms with van der Waals surface area (Å²) in [5, 5.41) is 2.67. The third-order valence-electron chi connectivity index (χ3n) is 3.59. The number of methoxy groups -OCH3 is 2. The lowest BCUT2D eigenvalue weighted by atomic mass is 10.1. The van der Waals surface area contributed by atoms with Gasteiger partial charge in [-0.3, -0.25) is 9.59 Å². The van der Waals surface area contributed by atoms with Crippen molar-refractivity contribution in [2.45, 2.75) is 0 Å². The first-order chi connectivity index (χ1) is 13.0. The summed E-state index contributed by atoms with van der Waals surface area (Å²) in [7, 11) is 3.12. The Labute approximate surface area is 158 Å². The maximum absolute atomic E-state index is 11.9. The van der Waals surface area contributed by atoms with Gasteiger partial charge >= 0.3 is 0 Å². The predicted octanol–water partition coefficient (Wildman–Crippen LogP) is 1.98. The van der Waals surface area contributed by atoms with Crippen LogP contribution in [0.2, 0.25) is 0 Å². The molecule has 27 heavy (non-hydrogen) atoms. The van der Waals surface area contributed by atoms with Crippen LogP contribution < -0.4 is 20.5 Å². The number of rotatable bonds is 6. The minimum atomic E-state index is -0.483. The van der Waals surface area contributed by atoms with E-state index in [9.17, 15) is 9.59 Å². The molecule has 2 rings (SSSR count). The highest BCUT2D eigenvalue weighted by Gasteiger charge is 2.03. The normalized spacial score (nSPS) is 10.0. The Morgan fingerprint density at radius 1 is 1.07 bits per heavy atom. The molecule has 0 heterocycles. The van der Waals surface area contributed by atoms with Crippen molar-refractivity contribution in [3.8, 4) is 23.3 Å². The summed E-state index contributed by atoms with van der Waals surface area (Å²) in [5.74, 6) is 6.21. The maximum atomic E-state index is 11.9. The number of carbonyl (C=O) groups excluding carboxylic acids is 2. The summed E-state index contributed by atoms with van der Waals surface area (Å²) in [6.07, 6.45) is 3.10. The number of benzene rings is 2. The molecule has 0 atom stereocenters. The van der Waals surface area contributed by atoms with E-state index in [4.69, 9.17) is 15.2 Å². The molecule has 0 spiro atoms. The molecule has 0 aliphatic carbocycles. The molecule has 0 aliphatic heterocycles. The second kappa shape index (κ2) is 9.68. The number of hydrogen-bond donors (Lipinski definition) is 2. The maximum Gasteiger partial charge on any atom is 0.248 e. The largest absolute Gasteiger partial charge is 0.493 e. The van der Waals surface area contributed by atoms with Gasteiger partial charge in [0.15, 0.2) is 11.5 Å². The number of primary amides is 1. The quantitative estimate of drug-likeness (QED) is 0.606. The van der Waals surface area contributed by atoms with Crippen LogP contribution in [-0.2, 0) is 4.79 Å². The number of nitrogens with one attached hydrogen (secondary N) is 1. The number of carbonyl (C=O) groups is 2. The monoisotopic (exact) mass is 364 g/mol. The van der Waals surface area contributed by atoms with Gasteiger partial charge in [-0.1, -0.05) is 17.9 Å². The molecule has 3 N–H and O–H groups in total. The van der Waals surface area contributed by atoms with Crippen LogP contribution >= 0.6 is 0 Å². The van der Waals surface area contributed by atoms with Crippen molar-refractivity contribution in [3.63, 3.8) is 0 Å². The number of ether oxygens (including phenoxy) is 2. The first kappa shape index (κ1) is 19.6. The highest BCUT2D eigenvalue weighted by atomic mass is 16.5. The molecule has 138 valence electrons. The third kappa shape index (κ3) is 5.94. The molecule has 0 bridgehead atoms. The van der Waals surface area contributed by atoms with Crippen molar-refractivity contribution in [3.05, 3.63) is 65.2 Å². The molecule has 0 aliphatic rings. The second-order valence-electron chi connectivity index (χ2n) is 5.41. The van der Waals surface area contributed by atoms with Crippen molar-refractivity contribution >= 4 is 17.9 Å². The lowest BCUT2D eigenvalue weighted by Gasteiger charge is -2.07. The van der Waals surface area contributed by atoms with Gasteiger partial charge in [-0.05, 0) is 48.0 Å². The minimum absolute atomic E-state index is 0.201. The van der Waals surface area contributed by atoms with Crippen LogP contribution in [0.5, 0.6) is 11.5 Å². The first-order valence-electron chi connectivity index (χ1n) is 8.10. The average molecular weight is 364 g/mol. The summed E-state index contributed by atoms with van der Waals surface area (Å²) >= 11 is 0. The standard InChI is InChI=1S/C21H20N2O4/c1-26-18-11-7-16(14-19(18)27-2)8-12-20(24)23-13-3-4-15-5-9-17(10-6-15)21(22)25/h5-12,14H,13H2,1-2H3,(H2,22,25)(H,23,24)/b12-8+. The molecule has 0 aromatic heterocycles. The topological polar surface area (TPSA) is 90.6 Å². The van der Waals surface area contributed by atoms with Gasteiger partial charge in [0.2, 0.25) is 11.8 Å². The molecule has 0 fully saturated rings. The van der Waals surface area contributed by atoms with E-state index in [-0.39, 0.29) is 12.5 Å². The summed E-state index contributed by atoms with van der Waals surface area (Å²) in [4.78, 5) is 22.9. The lowest BCUT2D eigenvalue weighted by molar-refractivity contribution is -0.116. The molecule has 0 unspecified atom stereocenters. The van der Waals surface area contributed by atoms with E-state index in [0.717, 1.165) is 11.1 Å². The van der Waals surface area contributed by atoms with Crippen LogP contribution in [-0.4, -0.2) is 32.6 Å². The van der Waals surface area contributed by atoms with Gasteiger partial charge in [-0.15, -0.1) is 0 Å². The van der Waals surface area contributed by atoms with Crippen LogP contribution in [0.25, 0.3) is 6.08 Å². The molecule has 0 saturated heterocycles. The highest BCUT2D eigenvalue weighted by molar-refractivity contribution is 5.93. The van der Waals surface area contributed by atoms with Crippen molar-refractivity contribution in [1.82, 2.24) is 5.32 Å². The van der Waals surface area contributed by atoms with Gasteiger partial charge in [0.1, 0.15) is 0 Å². The smallest absolute Gasteiger partial charge is 0.248 e. The molecule has 2 aromatic rings. The minimum Gasteiger partial charge on any atom is -0.493 e. The Bertz CT molecular complexity index is 906. The Morgan fingerprint density at radius 3 is 2.41 bits per heavy atom. The molecule has 2 aromatic carbocycles. The van der Waals surface area contributed by atoms with E-state index >= 15 is 0 Å². The van der Waals surface area contributed by atoms with Gasteiger partial charge in [-0.25, -0.2) is 0 Å². The van der Waals surface area contributed by atoms with Gasteiger partial charge in [-0.2, -0.15) is 0 Å². The number of amides is 2. The molecular formula is C21H20N2O4. The van der Waals surface area contributed by atoms with Crippen LogP contribution in [0.4, 0.5) is 0 Å². The fourth-order valence-corrected chi connectivity index (χ4v) is 2.18. The Morgan fingerprint density at radius 2 is 1.78 bits per heavy atom. The zero-order valence-corrected chi connectivity index (χ0v) is 15.1. The van der Waals surface area contributed by atoms with E-state index < -0.39 is 5.91 Å². The first-order valence-corrected chi connectivity index (χ1v) is 8.10. The Balaban J connectivity index is 1.88. The zero-order valence-electron chi connectivity index (χ0n) is 15.1. The number of hydrogen-bond acceptors (Lipinski definition) is 4. The molecule has 6 nitrogen and oxygen atoms in total. The van der Waals surface area contributed by atoms with Crippen molar-refractivity contribution in [2.24, 2.45) is 5.73 Å². The molecule has 0 saturated carbocycles. The molecule has 6 heteroatoms. The van der Waals surface area contributed by atoms with E-state index in [2.05, 4.69) is 17.2 Å². The van der Waals surface area contributed by atoms with Crippen LogP contribution in [0, 0.1) is 11.8 Å². The van der Waals surface area contributed by atoms with Gasteiger partial charge in [0.25, 0.3) is 0 Å². The van der Waals surface area contributed by atoms with Crippen LogP contribution in [0.15, 0.2) is 48.5 Å². The fraction of sp³-hybridized carbons (Fsp3) is 0.143. The summed E-state index contributed by atoms with van der Waals surface area (Å²) in [5.41, 5.74) is 7.14. The van der Waals surface area contributed by atoms with Crippen LogP contribution in [0.3, 0.4) is 0 Å². The summed E-state index contributed by atoms with van der Waals surface area (Å²) in [6.45, 7) is 0.201. The average Bonchev–Trinajstić information content (AvgIpc) is 2.69. The van der Waals surface area contributed by atoms with Crippen LogP contribution in [0.1, 0.15) is 21.5 Å². The Kier molecular flexibility index (Phi) is 7.03. The molecular weight excluding hydrogens is 344 g/mol. The van der Waals surface area contributed by atoms with E-state index in [1.54, 1.807) is 56.7 Å². The fourth-order valence-electron chi connectivity index (χ4n) is 2.18. The second-order valence-corrected chi connectivity index (χ2v) is 5.41. The Hall–Kier alpha value is -3.72. The predicted molar refractivity (Wildman–Crippen MR) is 103 cm³/mol.